The minimum absolute atomic E-state index is 0.333. The van der Waals surface area contributed by atoms with Crippen LogP contribution < -0.4 is 0 Å². The second-order valence-corrected chi connectivity index (χ2v) is 3.89. The third-order valence-electron chi connectivity index (χ3n) is 3.04. The van der Waals surface area contributed by atoms with E-state index in [4.69, 9.17) is 0 Å². The average Bonchev–Trinajstić information content (AvgIpc) is 2.43. The quantitative estimate of drug-likeness (QED) is 0.339. The van der Waals surface area contributed by atoms with Crippen LogP contribution in [0.5, 0.6) is 0 Å². The Kier molecular flexibility index (Phi) is 2.29. The molecule has 5 heteroatoms. The van der Waals surface area contributed by atoms with E-state index in [9.17, 15) is 20.4 Å². The zero-order valence-electron chi connectivity index (χ0n) is 7.24. The number of aliphatic hydroxyl groups excluding tert-OH is 4. The Hall–Kier alpha value is -0.200. The van der Waals surface area contributed by atoms with Gasteiger partial charge in [-0.2, -0.15) is 0 Å². The molecule has 0 radical (unpaired) electrons. The van der Waals surface area contributed by atoms with Crippen LogP contribution in [0.25, 0.3) is 0 Å². The molecule has 5 atom stereocenters. The number of hydrogen-bond donors (Lipinski definition) is 4. The van der Waals surface area contributed by atoms with Gasteiger partial charge in [-0.25, -0.2) is 0 Å². The molecular weight excluding hydrogens is 174 g/mol. The van der Waals surface area contributed by atoms with Gasteiger partial charge in [-0.05, 0) is 6.42 Å². The molecule has 0 aliphatic carbocycles. The van der Waals surface area contributed by atoms with Crippen LogP contribution in [-0.4, -0.2) is 68.9 Å². The standard InChI is InChI=1S/C8H15NO4/c10-4-1-2-9-3-5(11)7(12)8(13)6(4)9/h4-8,10-13H,1-3H2/t4-,5+,6+,7-,8+/m0/s1. The zero-order chi connectivity index (χ0) is 9.59. The summed E-state index contributed by atoms with van der Waals surface area (Å²) in [4.78, 5) is 1.83. The Morgan fingerprint density at radius 3 is 2.31 bits per heavy atom. The molecule has 0 saturated carbocycles. The number of nitrogens with zero attached hydrogens (tertiary/aromatic N) is 1. The molecule has 0 aromatic heterocycles. The summed E-state index contributed by atoms with van der Waals surface area (Å²) >= 11 is 0. The molecule has 2 aliphatic heterocycles. The van der Waals surface area contributed by atoms with Gasteiger partial charge in [0, 0.05) is 13.1 Å². The van der Waals surface area contributed by atoms with E-state index in [1.807, 2.05) is 4.90 Å². The van der Waals surface area contributed by atoms with Crippen LogP contribution in [0.1, 0.15) is 6.42 Å². The summed E-state index contributed by atoms with van der Waals surface area (Å²) in [5, 5.41) is 37.8. The molecule has 2 saturated heterocycles. The van der Waals surface area contributed by atoms with Gasteiger partial charge in [0.25, 0.3) is 0 Å². The number of piperidine rings is 1. The molecule has 2 aliphatic rings. The lowest BCUT2D eigenvalue weighted by Gasteiger charge is -2.40. The van der Waals surface area contributed by atoms with E-state index < -0.39 is 30.5 Å². The maximum Gasteiger partial charge on any atom is 0.109 e. The summed E-state index contributed by atoms with van der Waals surface area (Å²) in [6, 6.07) is -0.404. The number of rotatable bonds is 0. The highest BCUT2D eigenvalue weighted by Crippen LogP contribution is 2.27. The lowest BCUT2D eigenvalue weighted by Crippen LogP contribution is -2.61. The minimum Gasteiger partial charge on any atom is -0.391 e. The number of fused-ring (bicyclic) bond motifs is 1. The van der Waals surface area contributed by atoms with Gasteiger partial charge >= 0.3 is 0 Å². The van der Waals surface area contributed by atoms with Gasteiger partial charge < -0.3 is 20.4 Å². The summed E-state index contributed by atoms with van der Waals surface area (Å²) in [5.74, 6) is 0. The van der Waals surface area contributed by atoms with Crippen LogP contribution in [0.3, 0.4) is 0 Å². The van der Waals surface area contributed by atoms with E-state index in [0.717, 1.165) is 0 Å². The molecule has 2 heterocycles. The van der Waals surface area contributed by atoms with Crippen molar-refractivity contribution in [3.63, 3.8) is 0 Å². The van der Waals surface area contributed by atoms with Crippen LogP contribution in [0.4, 0.5) is 0 Å². The van der Waals surface area contributed by atoms with Crippen molar-refractivity contribution < 1.29 is 20.4 Å². The highest BCUT2D eigenvalue weighted by atomic mass is 16.4. The maximum atomic E-state index is 9.58. The van der Waals surface area contributed by atoms with Crippen molar-refractivity contribution in [3.8, 4) is 0 Å². The second-order valence-electron chi connectivity index (χ2n) is 3.89. The predicted molar refractivity (Wildman–Crippen MR) is 44.0 cm³/mol. The van der Waals surface area contributed by atoms with Crippen molar-refractivity contribution in [3.05, 3.63) is 0 Å². The van der Waals surface area contributed by atoms with E-state index in [1.165, 1.54) is 0 Å². The normalized spacial score (nSPS) is 52.2. The van der Waals surface area contributed by atoms with Crippen molar-refractivity contribution >= 4 is 0 Å². The fraction of sp³-hybridized carbons (Fsp3) is 1.00. The lowest BCUT2D eigenvalue weighted by atomic mass is 9.93. The number of aliphatic hydroxyl groups is 4. The average molecular weight is 189 g/mol. The molecule has 0 bridgehead atoms. The molecule has 0 unspecified atom stereocenters. The van der Waals surface area contributed by atoms with E-state index in [1.54, 1.807) is 0 Å². The molecular formula is C8H15NO4. The highest BCUT2D eigenvalue weighted by molar-refractivity contribution is 5.01. The summed E-state index contributed by atoms with van der Waals surface area (Å²) in [7, 11) is 0. The smallest absolute Gasteiger partial charge is 0.109 e. The van der Waals surface area contributed by atoms with Crippen LogP contribution in [0.2, 0.25) is 0 Å². The SMILES string of the molecule is O[C@@H]1[C@H](O)[C@H]2[C@@H](O)CCN2C[C@H]1O. The Morgan fingerprint density at radius 1 is 0.923 bits per heavy atom. The lowest BCUT2D eigenvalue weighted by molar-refractivity contribution is -0.140. The maximum absolute atomic E-state index is 9.58. The Morgan fingerprint density at radius 2 is 1.62 bits per heavy atom. The zero-order valence-corrected chi connectivity index (χ0v) is 7.24. The molecule has 0 aromatic rings. The number of hydrogen-bond acceptors (Lipinski definition) is 5. The summed E-state index contributed by atoms with van der Waals surface area (Å²) < 4.78 is 0. The largest absolute Gasteiger partial charge is 0.391 e. The fourth-order valence-corrected chi connectivity index (χ4v) is 2.30. The van der Waals surface area contributed by atoms with Gasteiger partial charge in [0.05, 0.1) is 18.2 Å². The third-order valence-corrected chi connectivity index (χ3v) is 3.04. The van der Waals surface area contributed by atoms with E-state index in [-0.39, 0.29) is 0 Å². The Bertz CT molecular complexity index is 201. The third kappa shape index (κ3) is 1.37. The van der Waals surface area contributed by atoms with Crippen LogP contribution in [-0.2, 0) is 0 Å². The van der Waals surface area contributed by atoms with Gasteiger partial charge in [-0.15, -0.1) is 0 Å². The summed E-state index contributed by atoms with van der Waals surface area (Å²) in [6.45, 7) is 1.01. The van der Waals surface area contributed by atoms with Gasteiger partial charge in [0.1, 0.15) is 12.2 Å². The van der Waals surface area contributed by atoms with E-state index in [0.29, 0.717) is 19.5 Å². The van der Waals surface area contributed by atoms with E-state index >= 15 is 0 Å². The van der Waals surface area contributed by atoms with Gasteiger partial charge in [-0.3, -0.25) is 4.90 Å². The van der Waals surface area contributed by atoms with Gasteiger partial charge in [0.2, 0.25) is 0 Å². The van der Waals surface area contributed by atoms with Crippen molar-refractivity contribution in [2.45, 2.75) is 36.9 Å². The predicted octanol–water partition coefficient (Wildman–Crippen LogP) is -2.48. The first-order valence-corrected chi connectivity index (χ1v) is 4.57. The Labute approximate surface area is 76.2 Å². The monoisotopic (exact) mass is 189 g/mol. The van der Waals surface area contributed by atoms with Crippen molar-refractivity contribution in [2.24, 2.45) is 0 Å². The molecule has 2 rings (SSSR count). The Balaban J connectivity index is 2.15. The molecule has 13 heavy (non-hydrogen) atoms. The van der Waals surface area contributed by atoms with Crippen LogP contribution in [0.15, 0.2) is 0 Å². The topological polar surface area (TPSA) is 84.2 Å². The van der Waals surface area contributed by atoms with Crippen molar-refractivity contribution in [1.82, 2.24) is 4.90 Å². The summed E-state index contributed by atoms with van der Waals surface area (Å²) in [5.41, 5.74) is 0. The minimum atomic E-state index is -1.13. The first-order valence-electron chi connectivity index (χ1n) is 4.57. The first-order chi connectivity index (χ1) is 6.11. The van der Waals surface area contributed by atoms with Crippen LogP contribution in [0, 0.1) is 0 Å². The molecule has 76 valence electrons. The molecule has 0 amide bonds. The molecule has 0 spiro atoms. The van der Waals surface area contributed by atoms with Crippen molar-refractivity contribution in [2.75, 3.05) is 13.1 Å². The second kappa shape index (κ2) is 3.18. The van der Waals surface area contributed by atoms with Crippen LogP contribution >= 0.6 is 0 Å². The van der Waals surface area contributed by atoms with Gasteiger partial charge in [0.15, 0.2) is 0 Å². The van der Waals surface area contributed by atoms with E-state index in [2.05, 4.69) is 0 Å². The van der Waals surface area contributed by atoms with Crippen molar-refractivity contribution in [1.29, 1.82) is 0 Å². The first kappa shape index (κ1) is 9.36. The molecule has 2 fully saturated rings. The fourth-order valence-electron chi connectivity index (χ4n) is 2.30. The highest BCUT2D eigenvalue weighted by Gasteiger charge is 2.47. The summed E-state index contributed by atoms with van der Waals surface area (Å²) in [6.07, 6.45) is -3.06. The molecule has 5 nitrogen and oxygen atoms in total. The van der Waals surface area contributed by atoms with Gasteiger partial charge in [-0.1, -0.05) is 0 Å². The molecule has 4 N–H and O–H groups in total. The molecule has 0 aromatic carbocycles.